The average molecular weight is 256 g/mol. The zero-order valence-corrected chi connectivity index (χ0v) is 11.5. The summed E-state index contributed by atoms with van der Waals surface area (Å²) in [4.78, 5) is 25.9. The summed E-state index contributed by atoms with van der Waals surface area (Å²) >= 11 is 1.86. The van der Waals surface area contributed by atoms with Gasteiger partial charge >= 0.3 is 0 Å². The molecule has 0 aliphatic carbocycles. The van der Waals surface area contributed by atoms with Crippen molar-refractivity contribution in [1.29, 1.82) is 0 Å². The highest BCUT2D eigenvalue weighted by Gasteiger charge is 2.42. The highest BCUT2D eigenvalue weighted by Crippen LogP contribution is 2.28. The second kappa shape index (κ2) is 4.52. The minimum Gasteiger partial charge on any atom is -0.342 e. The quantitative estimate of drug-likeness (QED) is 0.757. The van der Waals surface area contributed by atoms with Crippen LogP contribution in [0.4, 0.5) is 0 Å². The van der Waals surface area contributed by atoms with Crippen LogP contribution in [0.3, 0.4) is 0 Å². The first-order chi connectivity index (χ1) is 7.89. The van der Waals surface area contributed by atoms with E-state index in [0.717, 1.165) is 17.9 Å². The van der Waals surface area contributed by atoms with E-state index >= 15 is 0 Å². The number of rotatable bonds is 1. The average Bonchev–Trinajstić information content (AvgIpc) is 2.72. The molecule has 1 N–H and O–H groups in total. The van der Waals surface area contributed by atoms with Crippen LogP contribution in [0.2, 0.25) is 0 Å². The maximum Gasteiger partial charge on any atom is 0.246 e. The lowest BCUT2D eigenvalue weighted by Crippen LogP contribution is -2.64. The van der Waals surface area contributed by atoms with Gasteiger partial charge in [0.2, 0.25) is 11.8 Å². The fourth-order valence-electron chi connectivity index (χ4n) is 2.33. The van der Waals surface area contributed by atoms with Crippen LogP contribution in [0.15, 0.2) is 0 Å². The van der Waals surface area contributed by atoms with Crippen LogP contribution in [-0.2, 0) is 9.59 Å². The van der Waals surface area contributed by atoms with Gasteiger partial charge in [-0.15, -0.1) is 0 Å². The highest BCUT2D eigenvalue weighted by molar-refractivity contribution is 7.99. The second-order valence-electron chi connectivity index (χ2n) is 5.85. The van der Waals surface area contributed by atoms with Gasteiger partial charge in [-0.2, -0.15) is 11.8 Å². The van der Waals surface area contributed by atoms with Crippen LogP contribution < -0.4 is 5.32 Å². The van der Waals surface area contributed by atoms with Crippen molar-refractivity contribution < 1.29 is 9.59 Å². The molecule has 2 unspecified atom stereocenters. The van der Waals surface area contributed by atoms with Gasteiger partial charge < -0.3 is 10.2 Å². The molecule has 0 aromatic rings. The smallest absolute Gasteiger partial charge is 0.246 e. The molecule has 0 radical (unpaired) electrons. The van der Waals surface area contributed by atoms with E-state index in [1.54, 1.807) is 4.90 Å². The molecule has 2 aliphatic rings. The van der Waals surface area contributed by atoms with E-state index < -0.39 is 0 Å². The van der Waals surface area contributed by atoms with Crippen molar-refractivity contribution in [2.45, 2.75) is 39.3 Å². The standard InChI is InChI=1S/C12H20N2O2S/c1-12(2,3)10-11(16)14(6-9(15)13-10)8-4-5-17-7-8/h8,10H,4-7H2,1-3H3,(H,13,15). The van der Waals surface area contributed by atoms with Crippen molar-refractivity contribution in [3.8, 4) is 0 Å². The summed E-state index contributed by atoms with van der Waals surface area (Å²) in [5, 5.41) is 2.82. The zero-order valence-electron chi connectivity index (χ0n) is 10.7. The Kier molecular flexibility index (Phi) is 3.39. The molecule has 2 atom stereocenters. The zero-order chi connectivity index (χ0) is 12.6. The minimum atomic E-state index is -0.380. The number of nitrogens with one attached hydrogen (secondary N) is 1. The van der Waals surface area contributed by atoms with Gasteiger partial charge in [-0.05, 0) is 17.6 Å². The Morgan fingerprint density at radius 3 is 2.59 bits per heavy atom. The van der Waals surface area contributed by atoms with Gasteiger partial charge in [0, 0.05) is 11.8 Å². The summed E-state index contributed by atoms with van der Waals surface area (Å²) < 4.78 is 0. The largest absolute Gasteiger partial charge is 0.342 e. The van der Waals surface area contributed by atoms with E-state index in [9.17, 15) is 9.59 Å². The van der Waals surface area contributed by atoms with Crippen LogP contribution in [0.25, 0.3) is 0 Å². The first-order valence-corrected chi connectivity index (χ1v) is 7.22. The predicted octanol–water partition coefficient (Wildman–Crippen LogP) is 0.865. The van der Waals surface area contributed by atoms with Gasteiger partial charge in [-0.1, -0.05) is 20.8 Å². The fraction of sp³-hybridized carbons (Fsp3) is 0.833. The molecule has 4 nitrogen and oxygen atoms in total. The molecule has 5 heteroatoms. The molecule has 0 spiro atoms. The molecule has 0 aromatic heterocycles. The third-order valence-electron chi connectivity index (χ3n) is 3.36. The lowest BCUT2D eigenvalue weighted by atomic mass is 9.84. The number of amides is 2. The summed E-state index contributed by atoms with van der Waals surface area (Å²) in [6.45, 7) is 6.20. The van der Waals surface area contributed by atoms with Crippen LogP contribution in [-0.4, -0.2) is 46.8 Å². The third kappa shape index (κ3) is 2.59. The van der Waals surface area contributed by atoms with Gasteiger partial charge in [0.25, 0.3) is 0 Å². The molecule has 0 aromatic carbocycles. The van der Waals surface area contributed by atoms with E-state index in [0.29, 0.717) is 0 Å². The molecule has 2 aliphatic heterocycles. The molecule has 0 saturated carbocycles. The predicted molar refractivity (Wildman–Crippen MR) is 68.8 cm³/mol. The first-order valence-electron chi connectivity index (χ1n) is 6.07. The molecular weight excluding hydrogens is 236 g/mol. The van der Waals surface area contributed by atoms with Crippen LogP contribution >= 0.6 is 11.8 Å². The van der Waals surface area contributed by atoms with Crippen molar-refractivity contribution in [3.05, 3.63) is 0 Å². The van der Waals surface area contributed by atoms with Crippen molar-refractivity contribution in [3.63, 3.8) is 0 Å². The van der Waals surface area contributed by atoms with Crippen molar-refractivity contribution in [2.24, 2.45) is 5.41 Å². The fourth-order valence-corrected chi connectivity index (χ4v) is 3.55. The van der Waals surface area contributed by atoms with E-state index in [2.05, 4.69) is 5.32 Å². The van der Waals surface area contributed by atoms with Crippen LogP contribution in [0.5, 0.6) is 0 Å². The van der Waals surface area contributed by atoms with E-state index in [1.807, 2.05) is 32.5 Å². The molecule has 96 valence electrons. The normalized spacial score (nSPS) is 30.6. The Morgan fingerprint density at radius 1 is 1.35 bits per heavy atom. The number of piperazine rings is 1. The van der Waals surface area contributed by atoms with Gasteiger partial charge in [0.1, 0.15) is 6.04 Å². The molecule has 0 bridgehead atoms. The number of carbonyl (C=O) groups excluding carboxylic acids is 2. The number of hydrogen-bond donors (Lipinski definition) is 1. The number of thioether (sulfide) groups is 1. The van der Waals surface area contributed by atoms with E-state index in [1.165, 1.54) is 0 Å². The number of hydrogen-bond acceptors (Lipinski definition) is 3. The maximum absolute atomic E-state index is 12.4. The summed E-state index contributed by atoms with van der Waals surface area (Å²) in [5.74, 6) is 2.12. The Bertz CT molecular complexity index is 332. The Morgan fingerprint density at radius 2 is 2.06 bits per heavy atom. The summed E-state index contributed by atoms with van der Waals surface area (Å²) in [7, 11) is 0. The summed E-state index contributed by atoms with van der Waals surface area (Å²) in [6, 6.07) is -0.127. The highest BCUT2D eigenvalue weighted by atomic mass is 32.2. The summed E-state index contributed by atoms with van der Waals surface area (Å²) in [6.07, 6.45) is 1.01. The first kappa shape index (κ1) is 12.7. The molecule has 2 saturated heterocycles. The molecule has 2 heterocycles. The SMILES string of the molecule is CC(C)(C)C1NC(=O)CN(C2CCSC2)C1=O. The molecule has 2 rings (SSSR count). The monoisotopic (exact) mass is 256 g/mol. The molecule has 2 fully saturated rings. The van der Waals surface area contributed by atoms with Gasteiger partial charge in [-0.3, -0.25) is 9.59 Å². The topological polar surface area (TPSA) is 49.4 Å². The second-order valence-corrected chi connectivity index (χ2v) is 7.00. The Hall–Kier alpha value is -0.710. The van der Waals surface area contributed by atoms with E-state index in [-0.39, 0.29) is 35.9 Å². The van der Waals surface area contributed by atoms with E-state index in [4.69, 9.17) is 0 Å². The van der Waals surface area contributed by atoms with Gasteiger partial charge in [-0.25, -0.2) is 0 Å². The van der Waals surface area contributed by atoms with Gasteiger partial charge in [0.05, 0.1) is 6.54 Å². The van der Waals surface area contributed by atoms with Crippen molar-refractivity contribution in [1.82, 2.24) is 10.2 Å². The molecule has 17 heavy (non-hydrogen) atoms. The lowest BCUT2D eigenvalue weighted by Gasteiger charge is -2.41. The lowest BCUT2D eigenvalue weighted by molar-refractivity contribution is -0.149. The maximum atomic E-state index is 12.4. The molecule has 2 amide bonds. The number of nitrogens with zero attached hydrogens (tertiary/aromatic N) is 1. The van der Waals surface area contributed by atoms with Crippen molar-refractivity contribution in [2.75, 3.05) is 18.1 Å². The van der Waals surface area contributed by atoms with Gasteiger partial charge in [0.15, 0.2) is 0 Å². The van der Waals surface area contributed by atoms with Crippen LogP contribution in [0.1, 0.15) is 27.2 Å². The molecular formula is C12H20N2O2S. The Balaban J connectivity index is 2.16. The van der Waals surface area contributed by atoms with Crippen LogP contribution in [0, 0.1) is 5.41 Å². The number of carbonyl (C=O) groups is 2. The Labute approximate surface area is 106 Å². The minimum absolute atomic E-state index is 0.0265. The summed E-state index contributed by atoms with van der Waals surface area (Å²) in [5.41, 5.74) is -0.225. The third-order valence-corrected chi connectivity index (χ3v) is 4.51. The van der Waals surface area contributed by atoms with Crippen molar-refractivity contribution >= 4 is 23.6 Å².